The van der Waals surface area contributed by atoms with E-state index in [-0.39, 0.29) is 0 Å². The maximum atomic E-state index is 5.37. The van der Waals surface area contributed by atoms with Crippen molar-refractivity contribution < 1.29 is 4.74 Å². The average molecular weight is 304 g/mol. The van der Waals surface area contributed by atoms with E-state index in [0.717, 1.165) is 25.7 Å². The molecule has 16 heavy (non-hydrogen) atoms. The molecule has 0 spiro atoms. The summed E-state index contributed by atoms with van der Waals surface area (Å²) in [6.45, 7) is 5.23. The van der Waals surface area contributed by atoms with Crippen LogP contribution in [0, 0.1) is 5.92 Å². The van der Waals surface area contributed by atoms with E-state index in [9.17, 15) is 0 Å². The van der Waals surface area contributed by atoms with Crippen LogP contribution in [-0.4, -0.2) is 19.8 Å². The maximum absolute atomic E-state index is 5.37. The summed E-state index contributed by atoms with van der Waals surface area (Å²) in [6.07, 6.45) is 2.47. The monoisotopic (exact) mass is 303 g/mol. The van der Waals surface area contributed by atoms with Crippen LogP contribution in [0.2, 0.25) is 0 Å². The molecule has 0 bridgehead atoms. The minimum absolute atomic E-state index is 0.457. The Labute approximate surface area is 110 Å². The summed E-state index contributed by atoms with van der Waals surface area (Å²) in [5.41, 5.74) is 0. The summed E-state index contributed by atoms with van der Waals surface area (Å²) in [6, 6.07) is 2.65. The second-order valence-corrected chi connectivity index (χ2v) is 6.22. The van der Waals surface area contributed by atoms with Crippen LogP contribution in [0.4, 0.5) is 0 Å². The summed E-state index contributed by atoms with van der Waals surface area (Å²) < 4.78 is 6.56. The van der Waals surface area contributed by atoms with E-state index in [1.807, 2.05) is 0 Å². The highest BCUT2D eigenvalue weighted by Gasteiger charge is 2.15. The zero-order valence-corrected chi connectivity index (χ0v) is 11.9. The Balaban J connectivity index is 1.69. The highest BCUT2D eigenvalue weighted by molar-refractivity contribution is 9.10. The molecule has 2 unspecified atom stereocenters. The van der Waals surface area contributed by atoms with Crippen LogP contribution in [0.15, 0.2) is 15.9 Å². The summed E-state index contributed by atoms with van der Waals surface area (Å²) in [5.74, 6) is 0.773. The number of ether oxygens (including phenoxy) is 1. The van der Waals surface area contributed by atoms with Gasteiger partial charge in [0.25, 0.3) is 0 Å². The third-order valence-corrected chi connectivity index (χ3v) is 4.92. The Bertz CT molecular complexity index is 323. The van der Waals surface area contributed by atoms with Crippen LogP contribution in [-0.2, 0) is 4.74 Å². The van der Waals surface area contributed by atoms with Gasteiger partial charge in [-0.2, -0.15) is 0 Å². The third kappa shape index (κ3) is 3.55. The summed E-state index contributed by atoms with van der Waals surface area (Å²) in [4.78, 5) is 1.40. The van der Waals surface area contributed by atoms with Gasteiger partial charge in [-0.05, 0) is 54.2 Å². The molecule has 1 fully saturated rings. The van der Waals surface area contributed by atoms with Gasteiger partial charge in [0.15, 0.2) is 0 Å². The van der Waals surface area contributed by atoms with E-state index in [1.165, 1.54) is 22.2 Å². The quantitative estimate of drug-likeness (QED) is 0.897. The first-order valence-electron chi connectivity index (χ1n) is 5.81. The molecule has 2 atom stereocenters. The molecule has 0 saturated carbocycles. The smallest absolute Gasteiger partial charge is 0.0495 e. The van der Waals surface area contributed by atoms with Gasteiger partial charge in [0, 0.05) is 34.0 Å². The van der Waals surface area contributed by atoms with Gasteiger partial charge in [0.05, 0.1) is 0 Å². The maximum Gasteiger partial charge on any atom is 0.0495 e. The highest BCUT2D eigenvalue weighted by atomic mass is 79.9. The average Bonchev–Trinajstić information content (AvgIpc) is 2.89. The predicted molar refractivity (Wildman–Crippen MR) is 72.0 cm³/mol. The lowest BCUT2D eigenvalue weighted by Crippen LogP contribution is -2.21. The molecule has 0 amide bonds. The van der Waals surface area contributed by atoms with Crippen molar-refractivity contribution in [2.75, 3.05) is 19.8 Å². The van der Waals surface area contributed by atoms with E-state index < -0.39 is 0 Å². The van der Waals surface area contributed by atoms with Crippen LogP contribution in [0.1, 0.15) is 30.7 Å². The molecule has 90 valence electrons. The van der Waals surface area contributed by atoms with Gasteiger partial charge >= 0.3 is 0 Å². The topological polar surface area (TPSA) is 21.3 Å². The van der Waals surface area contributed by atoms with E-state index >= 15 is 0 Å². The number of rotatable bonds is 5. The fraction of sp³-hybridized carbons (Fsp3) is 0.667. The predicted octanol–water partition coefficient (Wildman–Crippen LogP) is 3.59. The van der Waals surface area contributed by atoms with Gasteiger partial charge in [-0.25, -0.2) is 0 Å². The van der Waals surface area contributed by atoms with Crippen LogP contribution in [0.5, 0.6) is 0 Å². The molecule has 1 aromatic heterocycles. The SMILES string of the molecule is CC(NCCC1CCOC1)c1cc(Br)cs1. The first-order valence-corrected chi connectivity index (χ1v) is 7.48. The molecule has 4 heteroatoms. The summed E-state index contributed by atoms with van der Waals surface area (Å²) in [5, 5.41) is 5.71. The Morgan fingerprint density at radius 1 is 1.69 bits per heavy atom. The molecular weight excluding hydrogens is 286 g/mol. The second kappa shape index (κ2) is 6.15. The second-order valence-electron chi connectivity index (χ2n) is 4.36. The number of hydrogen-bond donors (Lipinski definition) is 1. The van der Waals surface area contributed by atoms with Gasteiger partial charge in [0.2, 0.25) is 0 Å². The van der Waals surface area contributed by atoms with Gasteiger partial charge in [-0.15, -0.1) is 11.3 Å². The fourth-order valence-electron chi connectivity index (χ4n) is 1.97. The van der Waals surface area contributed by atoms with Crippen molar-refractivity contribution in [1.82, 2.24) is 5.32 Å². The Kier molecular flexibility index (Phi) is 4.82. The Morgan fingerprint density at radius 3 is 3.19 bits per heavy atom. The molecule has 0 aromatic carbocycles. The molecule has 1 saturated heterocycles. The van der Waals surface area contributed by atoms with E-state index in [4.69, 9.17) is 4.74 Å². The van der Waals surface area contributed by atoms with E-state index in [1.54, 1.807) is 11.3 Å². The molecule has 1 aromatic rings. The number of hydrogen-bond acceptors (Lipinski definition) is 3. The highest BCUT2D eigenvalue weighted by Crippen LogP contribution is 2.25. The van der Waals surface area contributed by atoms with Crippen LogP contribution < -0.4 is 5.32 Å². The van der Waals surface area contributed by atoms with Crippen molar-refractivity contribution in [2.24, 2.45) is 5.92 Å². The normalized spacial score (nSPS) is 22.5. The molecule has 2 nitrogen and oxygen atoms in total. The molecule has 1 aliphatic heterocycles. The van der Waals surface area contributed by atoms with Crippen LogP contribution in [0.3, 0.4) is 0 Å². The van der Waals surface area contributed by atoms with E-state index in [0.29, 0.717) is 6.04 Å². The van der Waals surface area contributed by atoms with Gasteiger partial charge in [-0.1, -0.05) is 0 Å². The lowest BCUT2D eigenvalue weighted by Gasteiger charge is -2.13. The zero-order chi connectivity index (χ0) is 11.4. The molecular formula is C12H18BrNOS. The number of halogens is 1. The summed E-state index contributed by atoms with van der Waals surface area (Å²) >= 11 is 5.29. The van der Waals surface area contributed by atoms with Crippen LogP contribution >= 0.6 is 27.3 Å². The van der Waals surface area contributed by atoms with Crippen molar-refractivity contribution in [3.8, 4) is 0 Å². The first kappa shape index (κ1) is 12.6. The van der Waals surface area contributed by atoms with Gasteiger partial charge in [0.1, 0.15) is 0 Å². The minimum Gasteiger partial charge on any atom is -0.381 e. The number of nitrogens with one attached hydrogen (secondary N) is 1. The minimum atomic E-state index is 0.457. The Hall–Kier alpha value is 0.1000. The third-order valence-electron chi connectivity index (χ3n) is 3.04. The largest absolute Gasteiger partial charge is 0.381 e. The Morgan fingerprint density at radius 2 is 2.56 bits per heavy atom. The van der Waals surface area contributed by atoms with Crippen molar-refractivity contribution in [3.63, 3.8) is 0 Å². The molecule has 1 N–H and O–H groups in total. The molecule has 1 aliphatic rings. The number of thiophene rings is 1. The van der Waals surface area contributed by atoms with Crippen molar-refractivity contribution in [3.05, 3.63) is 20.8 Å². The molecule has 2 heterocycles. The standard InChI is InChI=1S/C12H18BrNOS/c1-9(12-6-11(13)8-16-12)14-4-2-10-3-5-15-7-10/h6,8-10,14H,2-5,7H2,1H3. The van der Waals surface area contributed by atoms with E-state index in [2.05, 4.69) is 39.6 Å². The molecule has 0 radical (unpaired) electrons. The van der Waals surface area contributed by atoms with Gasteiger partial charge < -0.3 is 10.1 Å². The van der Waals surface area contributed by atoms with Crippen molar-refractivity contribution >= 4 is 27.3 Å². The fourth-order valence-corrected chi connectivity index (χ4v) is 3.45. The zero-order valence-electron chi connectivity index (χ0n) is 9.54. The van der Waals surface area contributed by atoms with Crippen molar-refractivity contribution in [2.45, 2.75) is 25.8 Å². The van der Waals surface area contributed by atoms with Crippen molar-refractivity contribution in [1.29, 1.82) is 0 Å². The lowest BCUT2D eigenvalue weighted by atomic mass is 10.1. The lowest BCUT2D eigenvalue weighted by molar-refractivity contribution is 0.184. The van der Waals surface area contributed by atoms with Gasteiger partial charge in [-0.3, -0.25) is 0 Å². The molecule has 2 rings (SSSR count). The first-order chi connectivity index (χ1) is 7.75. The molecule has 0 aliphatic carbocycles. The summed E-state index contributed by atoms with van der Waals surface area (Å²) in [7, 11) is 0. The van der Waals surface area contributed by atoms with Crippen LogP contribution in [0.25, 0.3) is 0 Å².